The Morgan fingerprint density at radius 3 is 2.33 bits per heavy atom. The highest BCUT2D eigenvalue weighted by Gasteiger charge is 2.33. The van der Waals surface area contributed by atoms with Gasteiger partial charge in [-0.05, 0) is 31.2 Å². The van der Waals surface area contributed by atoms with Gasteiger partial charge >= 0.3 is 6.18 Å². The lowest BCUT2D eigenvalue weighted by molar-refractivity contribution is -0.137. The summed E-state index contributed by atoms with van der Waals surface area (Å²) in [6.07, 6.45) is -4.48. The van der Waals surface area contributed by atoms with Gasteiger partial charge in [-0.3, -0.25) is 4.79 Å². The van der Waals surface area contributed by atoms with Crippen molar-refractivity contribution in [1.29, 1.82) is 0 Å². The SMILES string of the molecule is CCOc1ccccc1NC(=O)CNc1ccccc1C(F)(F)F. The summed E-state index contributed by atoms with van der Waals surface area (Å²) in [6.45, 7) is 1.95. The number of halogens is 3. The zero-order valence-electron chi connectivity index (χ0n) is 13.0. The van der Waals surface area contributed by atoms with Crippen molar-refractivity contribution in [2.24, 2.45) is 0 Å². The monoisotopic (exact) mass is 338 g/mol. The number of para-hydroxylation sites is 3. The van der Waals surface area contributed by atoms with E-state index in [0.717, 1.165) is 6.07 Å². The average molecular weight is 338 g/mol. The fourth-order valence-electron chi connectivity index (χ4n) is 2.11. The van der Waals surface area contributed by atoms with Gasteiger partial charge in [0, 0.05) is 5.69 Å². The molecule has 2 N–H and O–H groups in total. The molecule has 0 aliphatic heterocycles. The molecule has 2 rings (SSSR count). The van der Waals surface area contributed by atoms with Gasteiger partial charge in [-0.2, -0.15) is 13.2 Å². The Morgan fingerprint density at radius 1 is 1.04 bits per heavy atom. The number of benzene rings is 2. The van der Waals surface area contributed by atoms with E-state index in [1.807, 2.05) is 6.92 Å². The maximum atomic E-state index is 12.9. The topological polar surface area (TPSA) is 50.4 Å². The zero-order valence-corrected chi connectivity index (χ0v) is 13.0. The third-order valence-electron chi connectivity index (χ3n) is 3.13. The number of anilines is 2. The molecule has 0 aromatic heterocycles. The molecule has 0 aliphatic carbocycles. The van der Waals surface area contributed by atoms with Crippen LogP contribution in [0, 0.1) is 0 Å². The van der Waals surface area contributed by atoms with Crippen LogP contribution < -0.4 is 15.4 Å². The van der Waals surface area contributed by atoms with E-state index in [0.29, 0.717) is 18.0 Å². The van der Waals surface area contributed by atoms with E-state index in [9.17, 15) is 18.0 Å². The van der Waals surface area contributed by atoms with Gasteiger partial charge in [-0.15, -0.1) is 0 Å². The Hall–Kier alpha value is -2.70. The van der Waals surface area contributed by atoms with Crippen molar-refractivity contribution in [2.75, 3.05) is 23.8 Å². The fraction of sp³-hybridized carbons (Fsp3) is 0.235. The first kappa shape index (κ1) is 17.7. The van der Waals surface area contributed by atoms with E-state index in [2.05, 4.69) is 10.6 Å². The summed E-state index contributed by atoms with van der Waals surface area (Å²) in [5.41, 5.74) is -0.485. The molecule has 0 aliphatic rings. The van der Waals surface area contributed by atoms with Crippen LogP contribution >= 0.6 is 0 Å². The third-order valence-corrected chi connectivity index (χ3v) is 3.13. The second-order valence-electron chi connectivity index (χ2n) is 4.87. The van der Waals surface area contributed by atoms with Crippen LogP contribution in [0.3, 0.4) is 0 Å². The predicted octanol–water partition coefficient (Wildman–Crippen LogP) is 4.15. The molecule has 0 saturated carbocycles. The van der Waals surface area contributed by atoms with Crippen molar-refractivity contribution in [2.45, 2.75) is 13.1 Å². The highest BCUT2D eigenvalue weighted by Crippen LogP contribution is 2.34. The van der Waals surface area contributed by atoms with Crippen LogP contribution in [0.5, 0.6) is 5.75 Å². The molecular formula is C17H17F3N2O2. The molecule has 7 heteroatoms. The maximum Gasteiger partial charge on any atom is 0.418 e. The standard InChI is InChI=1S/C17H17F3N2O2/c1-2-24-15-10-6-5-9-14(15)22-16(23)11-21-13-8-4-3-7-12(13)17(18,19)20/h3-10,21H,2,11H2,1H3,(H,22,23). The van der Waals surface area contributed by atoms with E-state index in [1.54, 1.807) is 24.3 Å². The molecule has 0 unspecified atom stereocenters. The van der Waals surface area contributed by atoms with Crippen LogP contribution in [0.1, 0.15) is 12.5 Å². The number of amides is 1. The van der Waals surface area contributed by atoms with Crippen molar-refractivity contribution in [3.05, 3.63) is 54.1 Å². The van der Waals surface area contributed by atoms with Gasteiger partial charge in [0.15, 0.2) is 0 Å². The van der Waals surface area contributed by atoms with Crippen LogP contribution in [-0.4, -0.2) is 19.1 Å². The summed E-state index contributed by atoms with van der Waals surface area (Å²) >= 11 is 0. The van der Waals surface area contributed by atoms with Crippen molar-refractivity contribution < 1.29 is 22.7 Å². The van der Waals surface area contributed by atoms with E-state index < -0.39 is 17.6 Å². The minimum atomic E-state index is -4.48. The predicted molar refractivity (Wildman–Crippen MR) is 86.2 cm³/mol. The lowest BCUT2D eigenvalue weighted by Crippen LogP contribution is -2.23. The molecular weight excluding hydrogens is 321 g/mol. The van der Waals surface area contributed by atoms with Gasteiger partial charge in [0.2, 0.25) is 5.91 Å². The minimum Gasteiger partial charge on any atom is -0.492 e. The molecule has 0 atom stereocenters. The first-order chi connectivity index (χ1) is 11.4. The highest BCUT2D eigenvalue weighted by molar-refractivity contribution is 5.95. The van der Waals surface area contributed by atoms with E-state index in [-0.39, 0.29) is 12.2 Å². The van der Waals surface area contributed by atoms with Crippen molar-refractivity contribution >= 4 is 17.3 Å². The second-order valence-corrected chi connectivity index (χ2v) is 4.87. The maximum absolute atomic E-state index is 12.9. The lowest BCUT2D eigenvalue weighted by Gasteiger charge is -2.15. The highest BCUT2D eigenvalue weighted by atomic mass is 19.4. The van der Waals surface area contributed by atoms with Crippen LogP contribution in [0.4, 0.5) is 24.5 Å². The number of hydrogen-bond acceptors (Lipinski definition) is 3. The van der Waals surface area contributed by atoms with Crippen LogP contribution in [-0.2, 0) is 11.0 Å². The molecule has 2 aromatic carbocycles. The second kappa shape index (κ2) is 7.72. The number of nitrogens with one attached hydrogen (secondary N) is 2. The molecule has 0 heterocycles. The number of ether oxygens (including phenoxy) is 1. The first-order valence-corrected chi connectivity index (χ1v) is 7.33. The molecule has 0 fully saturated rings. The smallest absolute Gasteiger partial charge is 0.418 e. The molecule has 0 spiro atoms. The Labute approximate surface area is 137 Å². The average Bonchev–Trinajstić information content (AvgIpc) is 2.54. The summed E-state index contributed by atoms with van der Waals surface area (Å²) in [7, 11) is 0. The number of hydrogen-bond donors (Lipinski definition) is 2. The molecule has 1 amide bonds. The number of carbonyl (C=O) groups is 1. The molecule has 2 aromatic rings. The first-order valence-electron chi connectivity index (χ1n) is 7.33. The lowest BCUT2D eigenvalue weighted by atomic mass is 10.1. The number of rotatable bonds is 6. The van der Waals surface area contributed by atoms with Crippen molar-refractivity contribution in [3.8, 4) is 5.75 Å². The quantitative estimate of drug-likeness (QED) is 0.832. The largest absolute Gasteiger partial charge is 0.492 e. The number of carbonyl (C=O) groups excluding carboxylic acids is 1. The summed E-state index contributed by atoms with van der Waals surface area (Å²) in [5.74, 6) is 0.0307. The van der Waals surface area contributed by atoms with Crippen LogP contribution in [0.15, 0.2) is 48.5 Å². The van der Waals surface area contributed by atoms with Crippen molar-refractivity contribution in [1.82, 2.24) is 0 Å². The molecule has 0 radical (unpaired) electrons. The summed E-state index contributed by atoms with van der Waals surface area (Å²) < 4.78 is 44.1. The fourth-order valence-corrected chi connectivity index (χ4v) is 2.11. The molecule has 4 nitrogen and oxygen atoms in total. The normalized spacial score (nSPS) is 11.0. The molecule has 0 bridgehead atoms. The van der Waals surface area contributed by atoms with Gasteiger partial charge < -0.3 is 15.4 Å². The van der Waals surface area contributed by atoms with Gasteiger partial charge in [-0.25, -0.2) is 0 Å². The Bertz CT molecular complexity index is 702. The molecule has 24 heavy (non-hydrogen) atoms. The summed E-state index contributed by atoms with van der Waals surface area (Å²) in [4.78, 5) is 12.0. The molecule has 128 valence electrons. The Balaban J connectivity index is 2.02. The number of alkyl halides is 3. The van der Waals surface area contributed by atoms with Gasteiger partial charge in [0.1, 0.15) is 5.75 Å². The minimum absolute atomic E-state index is 0.141. The van der Waals surface area contributed by atoms with Gasteiger partial charge in [0.25, 0.3) is 0 Å². The van der Waals surface area contributed by atoms with E-state index in [1.165, 1.54) is 18.2 Å². The van der Waals surface area contributed by atoms with Gasteiger partial charge in [-0.1, -0.05) is 24.3 Å². The third kappa shape index (κ3) is 4.65. The van der Waals surface area contributed by atoms with Crippen LogP contribution in [0.2, 0.25) is 0 Å². The Kier molecular flexibility index (Phi) is 5.68. The van der Waals surface area contributed by atoms with Crippen molar-refractivity contribution in [3.63, 3.8) is 0 Å². The Morgan fingerprint density at radius 2 is 1.67 bits per heavy atom. The zero-order chi connectivity index (χ0) is 17.6. The van der Waals surface area contributed by atoms with Crippen LogP contribution in [0.25, 0.3) is 0 Å². The summed E-state index contributed by atoms with van der Waals surface area (Å²) in [5, 5.41) is 5.13. The van der Waals surface area contributed by atoms with Gasteiger partial charge in [0.05, 0.1) is 24.4 Å². The van der Waals surface area contributed by atoms with E-state index in [4.69, 9.17) is 4.74 Å². The van der Waals surface area contributed by atoms with E-state index >= 15 is 0 Å². The molecule has 0 saturated heterocycles. The summed E-state index contributed by atoms with van der Waals surface area (Å²) in [6, 6.07) is 11.9.